The molecule has 2 rings (SSSR count). The van der Waals surface area contributed by atoms with Gasteiger partial charge in [0.25, 0.3) is 0 Å². The first kappa shape index (κ1) is 16.3. The van der Waals surface area contributed by atoms with Crippen molar-refractivity contribution in [1.82, 2.24) is 4.98 Å². The van der Waals surface area contributed by atoms with E-state index in [1.807, 2.05) is 0 Å². The van der Waals surface area contributed by atoms with E-state index < -0.39 is 11.7 Å². The molecule has 0 saturated carbocycles. The van der Waals surface area contributed by atoms with Crippen LogP contribution in [-0.2, 0) is 12.7 Å². The van der Waals surface area contributed by atoms with Gasteiger partial charge in [-0.2, -0.15) is 18.4 Å². The molecular formula is C12H6ClF3IN3S. The monoisotopic (exact) mass is 443 g/mol. The second-order valence-corrected chi connectivity index (χ2v) is 6.78. The Hall–Kier alpha value is -1.05. The summed E-state index contributed by atoms with van der Waals surface area (Å²) in [5.41, 5.74) is -0.518. The molecule has 2 aromatic rings. The van der Waals surface area contributed by atoms with Crippen LogP contribution in [-0.4, -0.2) is 4.98 Å². The normalized spacial score (nSPS) is 11.2. The Morgan fingerprint density at radius 1 is 1.43 bits per heavy atom. The summed E-state index contributed by atoms with van der Waals surface area (Å²) in [7, 11) is 0. The zero-order valence-electron chi connectivity index (χ0n) is 10.1. The van der Waals surface area contributed by atoms with Crippen LogP contribution in [0.2, 0.25) is 4.47 Å². The Bertz CT molecular complexity index is 709. The first-order valence-corrected chi connectivity index (χ1v) is 7.73. The Balaban J connectivity index is 2.29. The van der Waals surface area contributed by atoms with Crippen molar-refractivity contribution in [3.8, 4) is 6.07 Å². The molecule has 0 aliphatic rings. The number of alkyl halides is 3. The lowest BCUT2D eigenvalue weighted by Crippen LogP contribution is -2.09. The maximum atomic E-state index is 12.7. The maximum Gasteiger partial charge on any atom is 0.416 e. The Morgan fingerprint density at radius 3 is 2.67 bits per heavy atom. The summed E-state index contributed by atoms with van der Waals surface area (Å²) in [6, 6.07) is 3.63. The minimum atomic E-state index is -4.48. The van der Waals surface area contributed by atoms with E-state index in [1.165, 1.54) is 11.3 Å². The van der Waals surface area contributed by atoms with Gasteiger partial charge in [0.15, 0.2) is 4.47 Å². The molecule has 0 aliphatic carbocycles. The number of thiazole rings is 1. The molecule has 1 aromatic heterocycles. The number of hydrogen-bond acceptors (Lipinski definition) is 4. The highest BCUT2D eigenvalue weighted by atomic mass is 127. The van der Waals surface area contributed by atoms with E-state index in [9.17, 15) is 13.2 Å². The fraction of sp³-hybridized carbons (Fsp3) is 0.167. The van der Waals surface area contributed by atoms with Gasteiger partial charge in [-0.3, -0.25) is 0 Å². The molecule has 0 atom stereocenters. The first-order valence-electron chi connectivity index (χ1n) is 5.46. The van der Waals surface area contributed by atoms with Crippen molar-refractivity contribution in [2.24, 2.45) is 0 Å². The van der Waals surface area contributed by atoms with Gasteiger partial charge >= 0.3 is 6.18 Å². The molecule has 0 unspecified atom stereocenters. The number of anilines is 1. The van der Waals surface area contributed by atoms with Crippen LogP contribution in [0.1, 0.15) is 16.0 Å². The summed E-state index contributed by atoms with van der Waals surface area (Å²) in [6.45, 7) is 0.334. The van der Waals surface area contributed by atoms with Crippen LogP contribution >= 0.6 is 45.5 Å². The molecule has 9 heteroatoms. The second kappa shape index (κ2) is 6.37. The first-order chi connectivity index (χ1) is 9.81. The standard InChI is InChI=1S/C12H6ClF3IN3S/c13-11-20-5-8(21-11)4-19-10-6(3-18)1-7(2-9(10)17)12(14,15)16/h1-2,5,19H,4H2. The van der Waals surface area contributed by atoms with Gasteiger partial charge in [-0.25, -0.2) is 4.98 Å². The van der Waals surface area contributed by atoms with Gasteiger partial charge in [0.05, 0.1) is 23.4 Å². The van der Waals surface area contributed by atoms with Gasteiger partial charge in [0, 0.05) is 14.6 Å². The molecule has 0 amide bonds. The van der Waals surface area contributed by atoms with E-state index >= 15 is 0 Å². The Labute approximate surface area is 140 Å². The molecule has 0 bridgehead atoms. The number of nitrogens with zero attached hydrogens (tertiary/aromatic N) is 2. The molecule has 21 heavy (non-hydrogen) atoms. The smallest absolute Gasteiger partial charge is 0.378 e. The van der Waals surface area contributed by atoms with Gasteiger partial charge in [0.2, 0.25) is 0 Å². The fourth-order valence-electron chi connectivity index (χ4n) is 1.58. The van der Waals surface area contributed by atoms with Crippen molar-refractivity contribution in [2.75, 3.05) is 5.32 Å². The summed E-state index contributed by atoms with van der Waals surface area (Å²) in [5, 5.41) is 12.0. The number of halogens is 5. The maximum absolute atomic E-state index is 12.7. The Morgan fingerprint density at radius 2 is 2.14 bits per heavy atom. The fourth-order valence-corrected chi connectivity index (χ4v) is 3.31. The average molecular weight is 444 g/mol. The highest BCUT2D eigenvalue weighted by Gasteiger charge is 2.32. The van der Waals surface area contributed by atoms with Crippen LogP contribution in [0.5, 0.6) is 0 Å². The molecule has 0 radical (unpaired) electrons. The van der Waals surface area contributed by atoms with Gasteiger partial charge in [-0.15, -0.1) is 11.3 Å². The molecular weight excluding hydrogens is 438 g/mol. The molecule has 0 fully saturated rings. The Kier molecular flexibility index (Phi) is 4.95. The molecule has 0 saturated heterocycles. The van der Waals surface area contributed by atoms with Crippen LogP contribution < -0.4 is 5.32 Å². The summed E-state index contributed by atoms with van der Waals surface area (Å²) in [6.07, 6.45) is -2.90. The molecule has 110 valence electrons. The van der Waals surface area contributed by atoms with Crippen LogP contribution in [0.15, 0.2) is 18.3 Å². The summed E-state index contributed by atoms with van der Waals surface area (Å²) < 4.78 is 38.9. The third-order valence-corrected chi connectivity index (χ3v) is 4.47. The molecule has 0 spiro atoms. The van der Waals surface area contributed by atoms with E-state index in [-0.39, 0.29) is 5.56 Å². The zero-order valence-corrected chi connectivity index (χ0v) is 13.9. The quantitative estimate of drug-likeness (QED) is 0.686. The third-order valence-electron chi connectivity index (χ3n) is 2.50. The van der Waals surface area contributed by atoms with Crippen LogP contribution in [0.4, 0.5) is 18.9 Å². The highest BCUT2D eigenvalue weighted by molar-refractivity contribution is 14.1. The van der Waals surface area contributed by atoms with Crippen molar-refractivity contribution >= 4 is 51.2 Å². The van der Waals surface area contributed by atoms with E-state index in [2.05, 4.69) is 10.3 Å². The van der Waals surface area contributed by atoms with E-state index in [4.69, 9.17) is 16.9 Å². The number of nitrogens with one attached hydrogen (secondary N) is 1. The second-order valence-electron chi connectivity index (χ2n) is 3.92. The zero-order chi connectivity index (χ0) is 15.6. The van der Waals surface area contributed by atoms with E-state index in [0.717, 1.165) is 17.0 Å². The van der Waals surface area contributed by atoms with Crippen molar-refractivity contribution in [1.29, 1.82) is 5.26 Å². The van der Waals surface area contributed by atoms with Crippen molar-refractivity contribution < 1.29 is 13.2 Å². The predicted octanol–water partition coefficient (Wildman–Crippen LogP) is 4.90. The summed E-state index contributed by atoms with van der Waals surface area (Å²) in [5.74, 6) is 0. The SMILES string of the molecule is N#Cc1cc(C(F)(F)F)cc(I)c1NCc1cnc(Cl)s1. The van der Waals surface area contributed by atoms with E-state index in [1.54, 1.807) is 34.9 Å². The van der Waals surface area contributed by atoms with Gasteiger partial charge in [-0.05, 0) is 34.7 Å². The van der Waals surface area contributed by atoms with Crippen LogP contribution in [0.25, 0.3) is 0 Å². The lowest BCUT2D eigenvalue weighted by Gasteiger charge is -2.13. The number of rotatable bonds is 3. The van der Waals surface area contributed by atoms with Crippen molar-refractivity contribution in [3.63, 3.8) is 0 Å². The van der Waals surface area contributed by atoms with Crippen LogP contribution in [0, 0.1) is 14.9 Å². The predicted molar refractivity (Wildman–Crippen MR) is 83.3 cm³/mol. The number of aromatic nitrogens is 1. The third kappa shape index (κ3) is 3.99. The lowest BCUT2D eigenvalue weighted by molar-refractivity contribution is -0.137. The largest absolute Gasteiger partial charge is 0.416 e. The average Bonchev–Trinajstić information content (AvgIpc) is 2.81. The lowest BCUT2D eigenvalue weighted by atomic mass is 10.1. The summed E-state index contributed by atoms with van der Waals surface area (Å²) in [4.78, 5) is 4.69. The number of benzene rings is 1. The molecule has 1 N–H and O–H groups in total. The molecule has 3 nitrogen and oxygen atoms in total. The molecule has 1 aromatic carbocycles. The molecule has 1 heterocycles. The molecule has 0 aliphatic heterocycles. The van der Waals surface area contributed by atoms with Crippen molar-refractivity contribution in [2.45, 2.75) is 12.7 Å². The van der Waals surface area contributed by atoms with Gasteiger partial charge in [-0.1, -0.05) is 11.6 Å². The van der Waals surface area contributed by atoms with E-state index in [0.29, 0.717) is 20.3 Å². The van der Waals surface area contributed by atoms with Crippen molar-refractivity contribution in [3.05, 3.63) is 42.4 Å². The number of nitriles is 1. The number of hydrogen-bond donors (Lipinski definition) is 1. The van der Waals surface area contributed by atoms with Crippen LogP contribution in [0.3, 0.4) is 0 Å². The summed E-state index contributed by atoms with van der Waals surface area (Å²) >= 11 is 8.73. The van der Waals surface area contributed by atoms with Gasteiger partial charge in [0.1, 0.15) is 6.07 Å². The minimum Gasteiger partial charge on any atom is -0.378 e. The highest BCUT2D eigenvalue weighted by Crippen LogP contribution is 2.34. The van der Waals surface area contributed by atoms with Gasteiger partial charge < -0.3 is 5.32 Å². The minimum absolute atomic E-state index is 0.0511. The topological polar surface area (TPSA) is 48.7 Å².